The normalized spacial score (nSPS) is 26.4. The van der Waals surface area contributed by atoms with Gasteiger partial charge in [-0.05, 0) is 25.2 Å². The number of aliphatic carboxylic acids is 1. The number of hydrogen-bond donors (Lipinski definition) is 2. The van der Waals surface area contributed by atoms with Gasteiger partial charge in [-0.3, -0.25) is 9.59 Å². The lowest BCUT2D eigenvalue weighted by molar-refractivity contribution is -0.174. The highest BCUT2D eigenvalue weighted by Crippen LogP contribution is 2.53. The Balaban J connectivity index is 3.19. The SMILES string of the molecule is C=CC1CC1C(C(C)=O)(C(=O)O)C(=O)ON. The molecule has 1 rings (SSSR count). The fourth-order valence-corrected chi connectivity index (χ4v) is 2.02. The molecule has 0 amide bonds. The minimum absolute atomic E-state index is 0.168. The maximum absolute atomic E-state index is 11.5. The van der Waals surface area contributed by atoms with Gasteiger partial charge in [0, 0.05) is 0 Å². The maximum atomic E-state index is 11.5. The highest BCUT2D eigenvalue weighted by molar-refractivity contribution is 6.19. The molecule has 0 spiro atoms. The number of carbonyl (C=O) groups is 3. The molecule has 88 valence electrons. The summed E-state index contributed by atoms with van der Waals surface area (Å²) >= 11 is 0. The molecule has 3 N–H and O–H groups in total. The van der Waals surface area contributed by atoms with Crippen molar-refractivity contribution in [2.24, 2.45) is 23.1 Å². The van der Waals surface area contributed by atoms with Gasteiger partial charge in [0.15, 0.2) is 5.78 Å². The van der Waals surface area contributed by atoms with Gasteiger partial charge in [0.25, 0.3) is 0 Å². The molecule has 3 atom stereocenters. The number of nitrogens with two attached hydrogens (primary N) is 1. The van der Waals surface area contributed by atoms with E-state index in [9.17, 15) is 14.4 Å². The zero-order valence-electron chi connectivity index (χ0n) is 8.80. The van der Waals surface area contributed by atoms with Crippen molar-refractivity contribution in [3.05, 3.63) is 12.7 Å². The fourth-order valence-electron chi connectivity index (χ4n) is 2.02. The van der Waals surface area contributed by atoms with Crippen LogP contribution in [0.4, 0.5) is 0 Å². The van der Waals surface area contributed by atoms with E-state index < -0.39 is 29.1 Å². The van der Waals surface area contributed by atoms with Crippen LogP contribution in [0.5, 0.6) is 0 Å². The van der Waals surface area contributed by atoms with E-state index in [1.165, 1.54) is 6.08 Å². The van der Waals surface area contributed by atoms with Gasteiger partial charge in [-0.2, -0.15) is 5.90 Å². The van der Waals surface area contributed by atoms with Gasteiger partial charge in [0.05, 0.1) is 0 Å². The number of carboxylic acids is 1. The largest absolute Gasteiger partial charge is 0.480 e. The summed E-state index contributed by atoms with van der Waals surface area (Å²) in [4.78, 5) is 38.1. The fraction of sp³-hybridized carbons (Fsp3) is 0.500. The molecule has 6 heteroatoms. The van der Waals surface area contributed by atoms with E-state index in [0.717, 1.165) is 6.92 Å². The van der Waals surface area contributed by atoms with Crippen LogP contribution in [0, 0.1) is 17.3 Å². The Morgan fingerprint density at radius 2 is 2.12 bits per heavy atom. The summed E-state index contributed by atoms with van der Waals surface area (Å²) in [5.74, 6) is 0.396. The van der Waals surface area contributed by atoms with Crippen molar-refractivity contribution in [2.45, 2.75) is 13.3 Å². The molecule has 1 aliphatic rings. The smallest absolute Gasteiger partial charge is 0.349 e. The topological polar surface area (TPSA) is 107 Å². The average molecular weight is 227 g/mol. The Morgan fingerprint density at radius 3 is 2.38 bits per heavy atom. The Morgan fingerprint density at radius 1 is 1.56 bits per heavy atom. The highest BCUT2D eigenvalue weighted by atomic mass is 16.7. The molecule has 1 fully saturated rings. The molecule has 0 aromatic rings. The molecule has 1 aliphatic carbocycles. The first-order valence-electron chi connectivity index (χ1n) is 4.71. The Labute approximate surface area is 92.0 Å². The maximum Gasteiger partial charge on any atom is 0.349 e. The molecule has 6 nitrogen and oxygen atoms in total. The highest BCUT2D eigenvalue weighted by Gasteiger charge is 2.65. The molecule has 0 aliphatic heterocycles. The first-order chi connectivity index (χ1) is 7.42. The summed E-state index contributed by atoms with van der Waals surface area (Å²) < 4.78 is 0. The van der Waals surface area contributed by atoms with Crippen molar-refractivity contribution < 1.29 is 24.3 Å². The van der Waals surface area contributed by atoms with Gasteiger partial charge in [-0.1, -0.05) is 6.08 Å². The lowest BCUT2D eigenvalue weighted by Gasteiger charge is -2.23. The van der Waals surface area contributed by atoms with E-state index in [4.69, 9.17) is 11.0 Å². The Hall–Kier alpha value is -1.69. The molecule has 0 aromatic heterocycles. The number of ketones is 1. The third-order valence-electron chi connectivity index (χ3n) is 3.02. The third kappa shape index (κ3) is 1.51. The van der Waals surface area contributed by atoms with Crippen LogP contribution in [0.25, 0.3) is 0 Å². The summed E-state index contributed by atoms with van der Waals surface area (Å²) in [5.41, 5.74) is -2.19. The van der Waals surface area contributed by atoms with Crippen LogP contribution >= 0.6 is 0 Å². The van der Waals surface area contributed by atoms with Crippen LogP contribution in [0.1, 0.15) is 13.3 Å². The van der Waals surface area contributed by atoms with Crippen molar-refractivity contribution >= 4 is 17.7 Å². The number of allylic oxidation sites excluding steroid dienone is 1. The van der Waals surface area contributed by atoms with Gasteiger partial charge in [0.2, 0.25) is 5.41 Å². The van der Waals surface area contributed by atoms with Crippen LogP contribution in [0.3, 0.4) is 0 Å². The Kier molecular flexibility index (Phi) is 3.14. The number of carboxylic acid groups (broad SMARTS) is 1. The zero-order valence-corrected chi connectivity index (χ0v) is 8.80. The van der Waals surface area contributed by atoms with Crippen LogP contribution in [0.2, 0.25) is 0 Å². The van der Waals surface area contributed by atoms with E-state index >= 15 is 0 Å². The molecular formula is C10H13NO5. The number of hydrogen-bond acceptors (Lipinski definition) is 5. The lowest BCUT2D eigenvalue weighted by Crippen LogP contribution is -2.49. The van der Waals surface area contributed by atoms with Gasteiger partial charge in [-0.15, -0.1) is 6.58 Å². The molecule has 0 saturated heterocycles. The van der Waals surface area contributed by atoms with E-state index in [0.29, 0.717) is 6.42 Å². The van der Waals surface area contributed by atoms with Crippen LogP contribution < -0.4 is 5.90 Å². The standard InChI is InChI=1S/C10H13NO5/c1-3-6-4-7(6)10(5(2)12,8(13)14)9(15)16-11/h3,6-7H,1,4,11H2,2H3,(H,13,14). The molecular weight excluding hydrogens is 214 g/mol. The van der Waals surface area contributed by atoms with Crippen molar-refractivity contribution in [1.29, 1.82) is 0 Å². The van der Waals surface area contributed by atoms with E-state index in [-0.39, 0.29) is 5.92 Å². The summed E-state index contributed by atoms with van der Waals surface area (Å²) in [7, 11) is 0. The number of carbonyl (C=O) groups excluding carboxylic acids is 2. The van der Waals surface area contributed by atoms with Crippen LogP contribution in [-0.4, -0.2) is 22.8 Å². The van der Waals surface area contributed by atoms with E-state index in [1.807, 2.05) is 0 Å². The molecule has 0 bridgehead atoms. The monoisotopic (exact) mass is 227 g/mol. The molecule has 0 radical (unpaired) electrons. The summed E-state index contributed by atoms with van der Waals surface area (Å²) in [5, 5.41) is 9.11. The summed E-state index contributed by atoms with van der Waals surface area (Å²) in [6, 6.07) is 0. The van der Waals surface area contributed by atoms with Gasteiger partial charge < -0.3 is 9.94 Å². The van der Waals surface area contributed by atoms with Crippen molar-refractivity contribution in [1.82, 2.24) is 0 Å². The minimum Gasteiger partial charge on any atom is -0.480 e. The second-order valence-corrected chi connectivity index (χ2v) is 3.82. The molecule has 0 heterocycles. The van der Waals surface area contributed by atoms with Gasteiger partial charge >= 0.3 is 11.9 Å². The lowest BCUT2D eigenvalue weighted by atomic mass is 9.78. The number of rotatable bonds is 5. The second-order valence-electron chi connectivity index (χ2n) is 3.82. The third-order valence-corrected chi connectivity index (χ3v) is 3.02. The van der Waals surface area contributed by atoms with Crippen LogP contribution in [-0.2, 0) is 19.2 Å². The number of Topliss-reactive ketones (excluding diaryl/α,β-unsaturated/α-hetero) is 1. The zero-order chi connectivity index (χ0) is 12.5. The average Bonchev–Trinajstić information content (AvgIpc) is 2.97. The van der Waals surface area contributed by atoms with Crippen LogP contribution in [0.15, 0.2) is 12.7 Å². The summed E-state index contributed by atoms with van der Waals surface area (Å²) in [6.45, 7) is 4.55. The second kappa shape index (κ2) is 4.05. The van der Waals surface area contributed by atoms with Gasteiger partial charge in [-0.25, -0.2) is 4.79 Å². The predicted octanol–water partition coefficient (Wildman–Crippen LogP) is -0.115. The van der Waals surface area contributed by atoms with Crippen molar-refractivity contribution in [2.75, 3.05) is 0 Å². The first kappa shape index (κ1) is 12.4. The Bertz CT molecular complexity index is 348. The first-order valence-corrected chi connectivity index (χ1v) is 4.71. The van der Waals surface area contributed by atoms with Gasteiger partial charge in [0.1, 0.15) is 0 Å². The van der Waals surface area contributed by atoms with E-state index in [2.05, 4.69) is 11.4 Å². The molecule has 1 saturated carbocycles. The predicted molar refractivity (Wildman–Crippen MR) is 52.8 cm³/mol. The van der Waals surface area contributed by atoms with E-state index in [1.54, 1.807) is 0 Å². The molecule has 3 unspecified atom stereocenters. The summed E-state index contributed by atoms with van der Waals surface area (Å²) in [6.07, 6.45) is 1.94. The minimum atomic E-state index is -2.19. The molecule has 0 aromatic carbocycles. The molecule has 16 heavy (non-hydrogen) atoms. The van der Waals surface area contributed by atoms with Crippen molar-refractivity contribution in [3.63, 3.8) is 0 Å². The van der Waals surface area contributed by atoms with Crippen molar-refractivity contribution in [3.8, 4) is 0 Å². The quantitative estimate of drug-likeness (QED) is 0.385.